The van der Waals surface area contributed by atoms with E-state index in [-0.39, 0.29) is 0 Å². The van der Waals surface area contributed by atoms with Crippen molar-refractivity contribution in [2.24, 2.45) is 5.10 Å². The van der Waals surface area contributed by atoms with E-state index in [0.717, 1.165) is 5.56 Å². The summed E-state index contributed by atoms with van der Waals surface area (Å²) >= 11 is 12.4. The number of nitrogens with zero attached hydrogens (tertiary/aromatic N) is 1. The van der Waals surface area contributed by atoms with Crippen molar-refractivity contribution in [2.45, 2.75) is 6.61 Å². The number of nitrogens with one attached hydrogen (secondary N) is 2. The van der Waals surface area contributed by atoms with Crippen molar-refractivity contribution >= 4 is 41.2 Å². The first kappa shape index (κ1) is 18.8. The summed E-state index contributed by atoms with van der Waals surface area (Å²) in [5.41, 5.74) is 3.61. The topological polar surface area (TPSA) is 79.8 Å². The van der Waals surface area contributed by atoms with Crippen LogP contribution in [0, 0.1) is 0 Å². The molecule has 2 aromatic rings. The Kier molecular flexibility index (Phi) is 6.80. The Morgan fingerprint density at radius 2 is 1.76 bits per heavy atom. The molecule has 0 aliphatic rings. The van der Waals surface area contributed by atoms with Crippen molar-refractivity contribution < 1.29 is 14.3 Å². The first-order chi connectivity index (χ1) is 12.0. The van der Waals surface area contributed by atoms with Crippen molar-refractivity contribution in [1.82, 2.24) is 10.7 Å². The minimum absolute atomic E-state index is 0.308. The Labute approximate surface area is 154 Å². The van der Waals surface area contributed by atoms with Gasteiger partial charge in [-0.15, -0.1) is 0 Å². The summed E-state index contributed by atoms with van der Waals surface area (Å²) in [6.07, 6.45) is 1.32. The lowest BCUT2D eigenvalue weighted by molar-refractivity contribution is -0.138. The molecule has 0 heterocycles. The van der Waals surface area contributed by atoms with E-state index in [1.165, 1.54) is 13.3 Å². The van der Waals surface area contributed by atoms with Gasteiger partial charge in [0.15, 0.2) is 5.75 Å². The Bertz CT molecular complexity index is 772. The fourth-order valence-electron chi connectivity index (χ4n) is 1.85. The van der Waals surface area contributed by atoms with Crippen LogP contribution < -0.4 is 15.5 Å². The molecule has 2 rings (SSSR count). The molecule has 0 saturated carbocycles. The Morgan fingerprint density at radius 3 is 2.36 bits per heavy atom. The van der Waals surface area contributed by atoms with Crippen molar-refractivity contribution in [3.05, 3.63) is 63.6 Å². The van der Waals surface area contributed by atoms with Crippen molar-refractivity contribution in [1.29, 1.82) is 0 Å². The maximum atomic E-state index is 11.3. The van der Waals surface area contributed by atoms with Crippen LogP contribution in [0.1, 0.15) is 11.1 Å². The van der Waals surface area contributed by atoms with Crippen molar-refractivity contribution in [3.63, 3.8) is 0 Å². The fraction of sp³-hybridized carbons (Fsp3) is 0.118. The van der Waals surface area contributed by atoms with Gasteiger partial charge in [-0.2, -0.15) is 5.10 Å². The molecule has 0 atom stereocenters. The van der Waals surface area contributed by atoms with Crippen LogP contribution in [0.15, 0.2) is 47.6 Å². The molecule has 6 nitrogen and oxygen atoms in total. The molecule has 2 aromatic carbocycles. The van der Waals surface area contributed by atoms with Gasteiger partial charge in [-0.25, -0.2) is 5.43 Å². The molecule has 0 aromatic heterocycles. The highest BCUT2D eigenvalue weighted by atomic mass is 35.5. The van der Waals surface area contributed by atoms with Gasteiger partial charge < -0.3 is 10.1 Å². The zero-order valence-electron chi connectivity index (χ0n) is 13.3. The van der Waals surface area contributed by atoms with Gasteiger partial charge in [0.05, 0.1) is 16.3 Å². The van der Waals surface area contributed by atoms with Crippen molar-refractivity contribution in [3.8, 4) is 5.75 Å². The van der Waals surface area contributed by atoms with E-state index in [1.54, 1.807) is 12.1 Å². The number of halogens is 2. The van der Waals surface area contributed by atoms with E-state index < -0.39 is 11.8 Å². The molecule has 2 amide bonds. The number of amides is 2. The Hall–Kier alpha value is -2.57. The zero-order chi connectivity index (χ0) is 18.2. The van der Waals surface area contributed by atoms with E-state index in [9.17, 15) is 9.59 Å². The first-order valence-corrected chi connectivity index (χ1v) is 7.97. The van der Waals surface area contributed by atoms with Gasteiger partial charge in [0.1, 0.15) is 6.61 Å². The third-order valence-corrected chi connectivity index (χ3v) is 3.62. The molecular formula is C17H15Cl2N3O3. The van der Waals surface area contributed by atoms with Crippen LogP contribution in [0.25, 0.3) is 0 Å². The number of carbonyl (C=O) groups excluding carboxylic acids is 2. The van der Waals surface area contributed by atoms with Gasteiger partial charge >= 0.3 is 11.8 Å². The van der Waals surface area contributed by atoms with Gasteiger partial charge in [-0.1, -0.05) is 53.5 Å². The summed E-state index contributed by atoms with van der Waals surface area (Å²) in [6, 6.07) is 12.8. The summed E-state index contributed by atoms with van der Waals surface area (Å²) in [7, 11) is 1.35. The number of hydrogen-bond donors (Lipinski definition) is 2. The highest BCUT2D eigenvalue weighted by Gasteiger charge is 2.11. The summed E-state index contributed by atoms with van der Waals surface area (Å²) in [5.74, 6) is -1.31. The van der Waals surface area contributed by atoms with E-state index in [4.69, 9.17) is 27.9 Å². The molecule has 0 aliphatic carbocycles. The molecule has 130 valence electrons. The van der Waals surface area contributed by atoms with Gasteiger partial charge in [0.25, 0.3) is 0 Å². The van der Waals surface area contributed by atoms with Crippen LogP contribution in [0.2, 0.25) is 10.0 Å². The summed E-state index contributed by atoms with van der Waals surface area (Å²) < 4.78 is 5.67. The summed E-state index contributed by atoms with van der Waals surface area (Å²) in [4.78, 5) is 22.3. The lowest BCUT2D eigenvalue weighted by Gasteiger charge is -2.10. The van der Waals surface area contributed by atoms with Crippen molar-refractivity contribution in [2.75, 3.05) is 7.05 Å². The predicted octanol–water partition coefficient (Wildman–Crippen LogP) is 2.77. The molecule has 0 unspecified atom stereocenters. The van der Waals surface area contributed by atoms with Crippen LogP contribution in [-0.2, 0) is 16.2 Å². The average Bonchev–Trinajstić information content (AvgIpc) is 2.61. The molecule has 8 heteroatoms. The molecule has 0 radical (unpaired) electrons. The molecule has 0 fully saturated rings. The highest BCUT2D eigenvalue weighted by Crippen LogP contribution is 2.34. The normalized spacial score (nSPS) is 10.5. The standard InChI is InChI=1S/C17H15Cl2N3O3/c1-20-16(23)17(24)22-21-9-12-7-13(18)15(14(19)8-12)25-10-11-5-3-2-4-6-11/h2-9H,10H2,1H3,(H,20,23)(H,22,24)/b21-9-. The van der Waals surface area contributed by atoms with Gasteiger partial charge in [0.2, 0.25) is 0 Å². The predicted molar refractivity (Wildman–Crippen MR) is 97.0 cm³/mol. The second-order valence-electron chi connectivity index (χ2n) is 4.87. The SMILES string of the molecule is CNC(=O)C(=O)N/N=C\c1cc(Cl)c(OCc2ccccc2)c(Cl)c1. The molecule has 0 aliphatic heterocycles. The molecule has 0 saturated heterocycles. The molecule has 0 bridgehead atoms. The maximum Gasteiger partial charge on any atom is 0.329 e. The maximum absolute atomic E-state index is 11.3. The number of hydrazone groups is 1. The first-order valence-electron chi connectivity index (χ1n) is 7.22. The molecule has 0 spiro atoms. The van der Waals surface area contributed by atoms with Gasteiger partial charge in [-0.05, 0) is 23.3 Å². The third kappa shape index (κ3) is 5.48. The van der Waals surface area contributed by atoms with Crippen LogP contribution >= 0.6 is 23.2 Å². The molecular weight excluding hydrogens is 365 g/mol. The van der Waals surface area contributed by atoms with E-state index in [0.29, 0.717) is 28.0 Å². The quantitative estimate of drug-likeness (QED) is 0.476. The number of rotatable bonds is 5. The van der Waals surface area contributed by atoms with E-state index in [1.807, 2.05) is 30.3 Å². The summed E-state index contributed by atoms with van der Waals surface area (Å²) in [5, 5.41) is 6.47. The minimum Gasteiger partial charge on any atom is -0.486 e. The van der Waals surface area contributed by atoms with Crippen LogP contribution in [-0.4, -0.2) is 25.1 Å². The monoisotopic (exact) mass is 379 g/mol. The van der Waals surface area contributed by atoms with Crippen LogP contribution in [0.4, 0.5) is 0 Å². The minimum atomic E-state index is -0.876. The lowest BCUT2D eigenvalue weighted by Crippen LogP contribution is -2.35. The molecule has 25 heavy (non-hydrogen) atoms. The van der Waals surface area contributed by atoms with Crippen LogP contribution in [0.5, 0.6) is 5.75 Å². The Morgan fingerprint density at radius 1 is 1.12 bits per heavy atom. The number of ether oxygens (including phenoxy) is 1. The number of hydrogen-bond acceptors (Lipinski definition) is 4. The smallest absolute Gasteiger partial charge is 0.329 e. The largest absolute Gasteiger partial charge is 0.486 e. The summed E-state index contributed by atoms with van der Waals surface area (Å²) in [6.45, 7) is 0.329. The lowest BCUT2D eigenvalue weighted by atomic mass is 10.2. The number of carbonyl (C=O) groups is 2. The Balaban J connectivity index is 2.04. The fourth-order valence-corrected chi connectivity index (χ4v) is 2.46. The van der Waals surface area contributed by atoms with Gasteiger partial charge in [0, 0.05) is 7.05 Å². The highest BCUT2D eigenvalue weighted by molar-refractivity contribution is 6.37. The zero-order valence-corrected chi connectivity index (χ0v) is 14.8. The van der Waals surface area contributed by atoms with E-state index >= 15 is 0 Å². The van der Waals surface area contributed by atoms with Crippen LogP contribution in [0.3, 0.4) is 0 Å². The second kappa shape index (κ2) is 9.05. The number of benzene rings is 2. The van der Waals surface area contributed by atoms with E-state index in [2.05, 4.69) is 15.8 Å². The second-order valence-corrected chi connectivity index (χ2v) is 5.68. The average molecular weight is 380 g/mol. The van der Waals surface area contributed by atoms with Gasteiger partial charge in [-0.3, -0.25) is 9.59 Å². The molecule has 2 N–H and O–H groups in total. The third-order valence-electron chi connectivity index (χ3n) is 3.06. The number of likely N-dealkylation sites (N-methyl/N-ethyl adjacent to an activating group) is 1.